The normalized spacial score (nSPS) is 22.9. The fourth-order valence-electron chi connectivity index (χ4n) is 4.02. The summed E-state index contributed by atoms with van der Waals surface area (Å²) < 4.78 is 33.7. The Kier molecular flexibility index (Phi) is 9.45. The number of carbonyl (C=O) groups is 2. The van der Waals surface area contributed by atoms with E-state index in [1.165, 1.54) is 7.11 Å². The molecule has 0 aromatic heterocycles. The van der Waals surface area contributed by atoms with Crippen LogP contribution in [0.4, 0.5) is 0 Å². The van der Waals surface area contributed by atoms with Gasteiger partial charge in [0.2, 0.25) is 0 Å². The maximum Gasteiger partial charge on any atom is 0.338 e. The van der Waals surface area contributed by atoms with Gasteiger partial charge in [0.25, 0.3) is 0 Å². The number of aliphatic hydroxyl groups is 1. The van der Waals surface area contributed by atoms with Crippen molar-refractivity contribution < 1.29 is 43.1 Å². The fraction of sp³-hybridized carbons (Fsp3) is 0.310. The Bertz CT molecular complexity index is 1170. The lowest BCUT2D eigenvalue weighted by molar-refractivity contribution is -0.295. The molecular formula is C29H30O9. The lowest BCUT2D eigenvalue weighted by Crippen LogP contribution is -2.61. The summed E-state index contributed by atoms with van der Waals surface area (Å²) in [6.45, 7) is 0.209. The monoisotopic (exact) mass is 522 g/mol. The lowest BCUT2D eigenvalue weighted by Gasteiger charge is -2.42. The van der Waals surface area contributed by atoms with E-state index in [4.69, 9.17) is 28.4 Å². The Hall–Kier alpha value is -3.76. The first kappa shape index (κ1) is 27.3. The van der Waals surface area contributed by atoms with Crippen molar-refractivity contribution in [2.45, 2.75) is 37.3 Å². The summed E-state index contributed by atoms with van der Waals surface area (Å²) in [4.78, 5) is 25.8. The molecule has 9 heteroatoms. The van der Waals surface area contributed by atoms with E-state index in [9.17, 15) is 14.7 Å². The van der Waals surface area contributed by atoms with Crippen molar-refractivity contribution in [1.29, 1.82) is 0 Å². The molecule has 3 aromatic carbocycles. The van der Waals surface area contributed by atoms with E-state index in [1.807, 2.05) is 24.3 Å². The van der Waals surface area contributed by atoms with Crippen LogP contribution in [-0.4, -0.2) is 68.6 Å². The Morgan fingerprint density at radius 2 is 1.34 bits per heavy atom. The van der Waals surface area contributed by atoms with Crippen LogP contribution < -0.4 is 4.74 Å². The van der Waals surface area contributed by atoms with Gasteiger partial charge in [-0.15, -0.1) is 0 Å². The Balaban J connectivity index is 1.50. The molecule has 3 aromatic rings. The zero-order chi connectivity index (χ0) is 26.9. The van der Waals surface area contributed by atoms with E-state index in [2.05, 4.69) is 0 Å². The Morgan fingerprint density at radius 3 is 1.87 bits per heavy atom. The number of rotatable bonds is 10. The molecule has 1 N–H and O–H groups in total. The third-order valence-corrected chi connectivity index (χ3v) is 6.07. The van der Waals surface area contributed by atoms with Crippen molar-refractivity contribution in [1.82, 2.24) is 0 Å². The van der Waals surface area contributed by atoms with Crippen molar-refractivity contribution in [2.24, 2.45) is 0 Å². The number of carbonyl (C=O) groups excluding carboxylic acids is 2. The lowest BCUT2D eigenvalue weighted by atomic mass is 9.98. The minimum Gasteiger partial charge on any atom is -0.497 e. The fourth-order valence-corrected chi connectivity index (χ4v) is 4.02. The summed E-state index contributed by atoms with van der Waals surface area (Å²) in [7, 11) is 2.96. The van der Waals surface area contributed by atoms with E-state index in [1.54, 1.807) is 67.8 Å². The molecular weight excluding hydrogens is 492 g/mol. The summed E-state index contributed by atoms with van der Waals surface area (Å²) in [6, 6.07) is 24.0. The second-order valence-electron chi connectivity index (χ2n) is 8.60. The maximum absolute atomic E-state index is 12.9. The molecule has 4 rings (SSSR count). The zero-order valence-electron chi connectivity index (χ0n) is 21.1. The van der Waals surface area contributed by atoms with Crippen LogP contribution in [0.1, 0.15) is 26.3 Å². The summed E-state index contributed by atoms with van der Waals surface area (Å²) >= 11 is 0. The molecule has 38 heavy (non-hydrogen) atoms. The first-order valence-corrected chi connectivity index (χ1v) is 12.1. The molecule has 1 heterocycles. The van der Waals surface area contributed by atoms with Gasteiger partial charge in [-0.25, -0.2) is 9.59 Å². The van der Waals surface area contributed by atoms with Crippen molar-refractivity contribution in [3.05, 3.63) is 102 Å². The van der Waals surface area contributed by atoms with Gasteiger partial charge in [-0.1, -0.05) is 48.5 Å². The molecule has 0 spiro atoms. The molecule has 0 aliphatic carbocycles. The number of esters is 2. The van der Waals surface area contributed by atoms with Gasteiger partial charge in [0, 0.05) is 7.11 Å². The van der Waals surface area contributed by atoms with Gasteiger partial charge in [0.05, 0.1) is 31.5 Å². The SMILES string of the molecule is COc1ccc(COC[C@H]2O[C@@H](OC)[C@H](OC(=O)c3ccccc3)[C@@H](OC(=O)c3ccccc3)[C@@H]2O)cc1. The van der Waals surface area contributed by atoms with Crippen LogP contribution in [0.2, 0.25) is 0 Å². The van der Waals surface area contributed by atoms with E-state index < -0.39 is 42.6 Å². The number of hydrogen-bond donors (Lipinski definition) is 1. The second kappa shape index (κ2) is 13.2. The highest BCUT2D eigenvalue weighted by molar-refractivity contribution is 5.90. The number of methoxy groups -OCH3 is 2. The van der Waals surface area contributed by atoms with Crippen molar-refractivity contribution in [3.8, 4) is 5.75 Å². The van der Waals surface area contributed by atoms with Crippen molar-refractivity contribution in [3.63, 3.8) is 0 Å². The average molecular weight is 523 g/mol. The Morgan fingerprint density at radius 1 is 0.789 bits per heavy atom. The standard InChI is InChI=1S/C29H30O9/c1-33-22-15-13-19(14-16-22)17-35-18-23-24(30)25(37-27(31)20-9-5-3-6-10-20)26(29(34-2)36-23)38-28(32)21-11-7-4-8-12-21/h3-16,23-26,29-30H,17-18H2,1-2H3/t23-,24-,25+,26-,29-/m1/s1. The summed E-state index contributed by atoms with van der Waals surface area (Å²) in [5.41, 5.74) is 1.46. The van der Waals surface area contributed by atoms with Crippen LogP contribution in [0, 0.1) is 0 Å². The smallest absolute Gasteiger partial charge is 0.338 e. The van der Waals surface area contributed by atoms with Gasteiger partial charge in [-0.3, -0.25) is 0 Å². The van der Waals surface area contributed by atoms with Crippen LogP contribution in [-0.2, 0) is 30.3 Å². The van der Waals surface area contributed by atoms with Crippen LogP contribution in [0.25, 0.3) is 0 Å². The van der Waals surface area contributed by atoms with E-state index in [0.717, 1.165) is 11.3 Å². The molecule has 1 fully saturated rings. The largest absolute Gasteiger partial charge is 0.497 e. The molecule has 0 saturated carbocycles. The predicted molar refractivity (Wildman–Crippen MR) is 136 cm³/mol. The second-order valence-corrected chi connectivity index (χ2v) is 8.60. The molecule has 0 radical (unpaired) electrons. The third kappa shape index (κ3) is 6.76. The first-order valence-electron chi connectivity index (χ1n) is 12.1. The number of ether oxygens (including phenoxy) is 6. The van der Waals surface area contributed by atoms with Crippen LogP contribution in [0.3, 0.4) is 0 Å². The minimum atomic E-state index is -1.38. The summed E-state index contributed by atoms with van der Waals surface area (Å²) in [5.74, 6) is -0.643. The van der Waals surface area contributed by atoms with Crippen LogP contribution in [0.15, 0.2) is 84.9 Å². The first-order chi connectivity index (χ1) is 18.5. The summed E-state index contributed by atoms with van der Waals surface area (Å²) in [6.07, 6.45) is -5.97. The van der Waals surface area contributed by atoms with Crippen LogP contribution in [0.5, 0.6) is 5.75 Å². The maximum atomic E-state index is 12.9. The zero-order valence-corrected chi connectivity index (χ0v) is 21.1. The molecule has 0 amide bonds. The minimum absolute atomic E-state index is 0.0359. The van der Waals surface area contributed by atoms with Crippen molar-refractivity contribution in [2.75, 3.05) is 20.8 Å². The molecule has 1 saturated heterocycles. The molecule has 1 aliphatic heterocycles. The van der Waals surface area contributed by atoms with Gasteiger partial charge in [-0.05, 0) is 42.0 Å². The molecule has 1 aliphatic rings. The van der Waals surface area contributed by atoms with E-state index in [0.29, 0.717) is 0 Å². The Labute approximate surface area is 220 Å². The van der Waals surface area contributed by atoms with Gasteiger partial charge in [0.1, 0.15) is 18.0 Å². The highest BCUT2D eigenvalue weighted by Crippen LogP contribution is 2.29. The average Bonchev–Trinajstić information content (AvgIpc) is 2.97. The molecule has 0 bridgehead atoms. The van der Waals surface area contributed by atoms with Gasteiger partial charge < -0.3 is 33.5 Å². The van der Waals surface area contributed by atoms with Gasteiger partial charge in [0.15, 0.2) is 18.5 Å². The highest BCUT2D eigenvalue weighted by atomic mass is 16.7. The summed E-state index contributed by atoms with van der Waals surface area (Å²) in [5, 5.41) is 11.2. The van der Waals surface area contributed by atoms with Gasteiger partial charge >= 0.3 is 11.9 Å². The molecule has 200 valence electrons. The van der Waals surface area contributed by atoms with Crippen molar-refractivity contribution >= 4 is 11.9 Å². The van der Waals surface area contributed by atoms with Gasteiger partial charge in [-0.2, -0.15) is 0 Å². The third-order valence-electron chi connectivity index (χ3n) is 6.07. The number of benzene rings is 3. The van der Waals surface area contributed by atoms with Crippen LogP contribution >= 0.6 is 0 Å². The van der Waals surface area contributed by atoms with E-state index >= 15 is 0 Å². The quantitative estimate of drug-likeness (QED) is 0.401. The number of hydrogen-bond acceptors (Lipinski definition) is 9. The molecule has 5 atom stereocenters. The number of aliphatic hydroxyl groups excluding tert-OH is 1. The van der Waals surface area contributed by atoms with E-state index in [-0.39, 0.29) is 24.3 Å². The molecule has 9 nitrogen and oxygen atoms in total. The highest BCUT2D eigenvalue weighted by Gasteiger charge is 2.50. The topological polar surface area (TPSA) is 110 Å². The molecule has 0 unspecified atom stereocenters. The predicted octanol–water partition coefficient (Wildman–Crippen LogP) is 3.40.